The standard InChI is InChI=1S/C15H33NO12S4/c1-15(2,6-7-16)14-28-32(24,25)13-5-12-31(22,23)27-9-3-8-26-30(20,21)11-4-10-29(17,18)19/h3-14,16H2,1-2H3,(H,17,18,19). The Morgan fingerprint density at radius 3 is 1.50 bits per heavy atom. The lowest BCUT2D eigenvalue weighted by molar-refractivity contribution is 0.177. The predicted octanol–water partition coefficient (Wildman–Crippen LogP) is -0.541. The second-order valence-electron chi connectivity index (χ2n) is 7.74. The quantitative estimate of drug-likeness (QED) is 0.118. The zero-order valence-electron chi connectivity index (χ0n) is 18.1. The third-order valence-electron chi connectivity index (χ3n) is 3.85. The minimum Gasteiger partial charge on any atom is -0.330 e. The molecule has 3 N–H and O–H groups in total. The maximum absolute atomic E-state index is 11.9. The van der Waals surface area contributed by atoms with Crippen LogP contribution in [0.3, 0.4) is 0 Å². The first-order valence-corrected chi connectivity index (χ1v) is 16.0. The van der Waals surface area contributed by atoms with E-state index in [2.05, 4.69) is 8.37 Å². The molecule has 0 radical (unpaired) electrons. The van der Waals surface area contributed by atoms with E-state index in [1.807, 2.05) is 0 Å². The summed E-state index contributed by atoms with van der Waals surface area (Å²) >= 11 is 0. The smallest absolute Gasteiger partial charge is 0.267 e. The van der Waals surface area contributed by atoms with Gasteiger partial charge < -0.3 is 5.73 Å². The Balaban J connectivity index is 4.18. The summed E-state index contributed by atoms with van der Waals surface area (Å²) in [4.78, 5) is 0. The highest BCUT2D eigenvalue weighted by atomic mass is 32.2. The van der Waals surface area contributed by atoms with Gasteiger partial charge in [0, 0.05) is 0 Å². The van der Waals surface area contributed by atoms with Crippen LogP contribution in [0.5, 0.6) is 0 Å². The van der Waals surface area contributed by atoms with E-state index < -0.39 is 75.5 Å². The zero-order valence-corrected chi connectivity index (χ0v) is 21.4. The van der Waals surface area contributed by atoms with Gasteiger partial charge in [0.25, 0.3) is 40.5 Å². The van der Waals surface area contributed by atoms with Gasteiger partial charge >= 0.3 is 0 Å². The van der Waals surface area contributed by atoms with Crippen LogP contribution in [0, 0.1) is 5.41 Å². The van der Waals surface area contributed by atoms with E-state index in [9.17, 15) is 33.7 Å². The molecule has 0 atom stereocenters. The molecule has 17 heteroatoms. The summed E-state index contributed by atoms with van der Waals surface area (Å²) in [5.41, 5.74) is 5.00. The number of rotatable bonds is 19. The van der Waals surface area contributed by atoms with Gasteiger partial charge in [0.15, 0.2) is 0 Å². The molecule has 0 fully saturated rings. The summed E-state index contributed by atoms with van der Waals surface area (Å²) in [6.45, 7) is 3.10. The molecule has 0 aliphatic carbocycles. The van der Waals surface area contributed by atoms with E-state index in [1.54, 1.807) is 13.8 Å². The van der Waals surface area contributed by atoms with Crippen molar-refractivity contribution in [3.8, 4) is 0 Å². The number of hydrogen-bond acceptors (Lipinski definition) is 12. The van der Waals surface area contributed by atoms with Gasteiger partial charge in [-0.15, -0.1) is 0 Å². The molecule has 0 aromatic heterocycles. The van der Waals surface area contributed by atoms with E-state index in [0.717, 1.165) is 0 Å². The van der Waals surface area contributed by atoms with Crippen molar-refractivity contribution in [2.75, 3.05) is 49.4 Å². The summed E-state index contributed by atoms with van der Waals surface area (Å²) < 4.78 is 114. The second-order valence-corrected chi connectivity index (χ2v) is 14.6. The average Bonchev–Trinajstić information content (AvgIpc) is 2.58. The van der Waals surface area contributed by atoms with Crippen LogP contribution in [0.25, 0.3) is 0 Å². The first-order chi connectivity index (χ1) is 14.4. The molecule has 0 amide bonds. The molecule has 0 heterocycles. The fraction of sp³-hybridized carbons (Fsp3) is 1.00. The van der Waals surface area contributed by atoms with E-state index in [-0.39, 0.29) is 32.5 Å². The van der Waals surface area contributed by atoms with Crippen molar-refractivity contribution < 1.29 is 50.8 Å². The van der Waals surface area contributed by atoms with E-state index in [4.69, 9.17) is 14.5 Å². The van der Waals surface area contributed by atoms with Gasteiger partial charge in [-0.25, -0.2) is 0 Å². The Bertz CT molecular complexity index is 969. The molecule has 194 valence electrons. The average molecular weight is 548 g/mol. The molecule has 0 aromatic rings. The monoisotopic (exact) mass is 547 g/mol. The van der Waals surface area contributed by atoms with Crippen LogP contribution >= 0.6 is 0 Å². The van der Waals surface area contributed by atoms with Crippen molar-refractivity contribution in [3.63, 3.8) is 0 Å². The molecule has 0 spiro atoms. The third-order valence-corrected chi connectivity index (χ3v) is 8.55. The molecule has 0 saturated carbocycles. The number of hydrogen-bond donors (Lipinski definition) is 2. The van der Waals surface area contributed by atoms with Gasteiger partial charge in [0.1, 0.15) is 0 Å². The molecule has 0 bridgehead atoms. The van der Waals surface area contributed by atoms with E-state index in [1.165, 1.54) is 0 Å². The summed E-state index contributed by atoms with van der Waals surface area (Å²) in [7, 11) is -16.3. The van der Waals surface area contributed by atoms with Crippen molar-refractivity contribution in [3.05, 3.63) is 0 Å². The van der Waals surface area contributed by atoms with Crippen LogP contribution in [-0.4, -0.2) is 87.6 Å². The maximum Gasteiger partial charge on any atom is 0.267 e. The van der Waals surface area contributed by atoms with Gasteiger partial charge in [-0.05, 0) is 37.6 Å². The molecule has 13 nitrogen and oxygen atoms in total. The molecule has 0 aliphatic heterocycles. The largest absolute Gasteiger partial charge is 0.330 e. The topological polar surface area (TPSA) is 210 Å². The zero-order chi connectivity index (χ0) is 25.1. The van der Waals surface area contributed by atoms with Crippen molar-refractivity contribution in [2.24, 2.45) is 11.1 Å². The van der Waals surface area contributed by atoms with Crippen molar-refractivity contribution in [1.82, 2.24) is 0 Å². The lowest BCUT2D eigenvalue weighted by Crippen LogP contribution is -2.26. The van der Waals surface area contributed by atoms with Gasteiger partial charge in [-0.2, -0.15) is 33.7 Å². The van der Waals surface area contributed by atoms with Crippen LogP contribution in [-0.2, 0) is 53.0 Å². The highest BCUT2D eigenvalue weighted by Gasteiger charge is 2.23. The van der Waals surface area contributed by atoms with Crippen LogP contribution in [0.4, 0.5) is 0 Å². The summed E-state index contributed by atoms with van der Waals surface area (Å²) in [5.74, 6) is -2.45. The Morgan fingerprint density at radius 1 is 0.688 bits per heavy atom. The molecule has 0 aromatic carbocycles. The molecule has 0 saturated heterocycles. The molecule has 0 aliphatic rings. The molecular formula is C15H33NO12S4. The molecule has 0 rings (SSSR count). The van der Waals surface area contributed by atoms with Crippen molar-refractivity contribution in [2.45, 2.75) is 39.5 Å². The second kappa shape index (κ2) is 13.5. The molecule has 0 unspecified atom stereocenters. The fourth-order valence-corrected chi connectivity index (χ4v) is 6.11. The highest BCUT2D eigenvalue weighted by Crippen LogP contribution is 2.20. The lowest BCUT2D eigenvalue weighted by Gasteiger charge is -2.23. The van der Waals surface area contributed by atoms with Gasteiger partial charge in [-0.1, -0.05) is 13.8 Å². The SMILES string of the molecule is CC(C)(CCN)COS(=O)(=O)CCCS(=O)(=O)OCCCOS(=O)(=O)CCCS(=O)(=O)O. The first-order valence-electron chi connectivity index (χ1n) is 9.65. The van der Waals surface area contributed by atoms with Crippen molar-refractivity contribution in [1.29, 1.82) is 0 Å². The highest BCUT2D eigenvalue weighted by molar-refractivity contribution is 7.88. The normalized spacial score (nSPS) is 14.0. The Labute approximate surface area is 191 Å². The Hall–Kier alpha value is -0.400. The Kier molecular flexibility index (Phi) is 13.3. The van der Waals surface area contributed by atoms with Gasteiger partial charge in [0.05, 0.1) is 42.8 Å². The van der Waals surface area contributed by atoms with E-state index >= 15 is 0 Å². The van der Waals surface area contributed by atoms with Crippen molar-refractivity contribution >= 4 is 40.5 Å². The van der Waals surface area contributed by atoms with E-state index in [0.29, 0.717) is 13.0 Å². The fourth-order valence-electron chi connectivity index (χ4n) is 2.15. The summed E-state index contributed by atoms with van der Waals surface area (Å²) in [5, 5.41) is 0. The first kappa shape index (κ1) is 31.6. The Morgan fingerprint density at radius 2 is 1.09 bits per heavy atom. The summed E-state index contributed by atoms with van der Waals surface area (Å²) in [6.07, 6.45) is -0.154. The molecule has 32 heavy (non-hydrogen) atoms. The van der Waals surface area contributed by atoms with Gasteiger partial charge in [-0.3, -0.25) is 17.1 Å². The molecular weight excluding hydrogens is 514 g/mol. The lowest BCUT2D eigenvalue weighted by atomic mass is 9.91. The van der Waals surface area contributed by atoms with Crippen LogP contribution in [0.2, 0.25) is 0 Å². The number of nitrogens with two attached hydrogens (primary N) is 1. The van der Waals surface area contributed by atoms with Crippen LogP contribution < -0.4 is 5.73 Å². The maximum atomic E-state index is 11.9. The minimum absolute atomic E-state index is 0.0749. The van der Waals surface area contributed by atoms with Crippen LogP contribution in [0.1, 0.15) is 39.5 Å². The minimum atomic E-state index is -4.28. The third kappa shape index (κ3) is 18.1. The summed E-state index contributed by atoms with van der Waals surface area (Å²) in [6, 6.07) is 0. The predicted molar refractivity (Wildman–Crippen MR) is 117 cm³/mol. The van der Waals surface area contributed by atoms with Crippen LogP contribution in [0.15, 0.2) is 0 Å². The van der Waals surface area contributed by atoms with Gasteiger partial charge in [0.2, 0.25) is 0 Å².